The van der Waals surface area contributed by atoms with Gasteiger partial charge in [-0.2, -0.15) is 0 Å². The third-order valence-corrected chi connectivity index (χ3v) is 10.5. The molecule has 1 nitrogen and oxygen atoms in total. The average molecular weight is 630 g/mol. The van der Waals surface area contributed by atoms with Crippen LogP contribution in [0.15, 0.2) is 188 Å². The molecule has 0 saturated carbocycles. The van der Waals surface area contributed by atoms with Crippen molar-refractivity contribution in [3.63, 3.8) is 0 Å². The van der Waals surface area contributed by atoms with Gasteiger partial charge in [-0.15, -0.1) is 11.3 Å². The predicted octanol–water partition coefficient (Wildman–Crippen LogP) is 13.7. The maximum absolute atomic E-state index is 2.40. The van der Waals surface area contributed by atoms with Crippen molar-refractivity contribution in [2.45, 2.75) is 0 Å². The molecule has 1 heterocycles. The second-order valence-corrected chi connectivity index (χ2v) is 13.2. The number of nitrogens with zero attached hydrogens (tertiary/aromatic N) is 1. The fraction of sp³-hybridized carbons (Fsp3) is 0. The van der Waals surface area contributed by atoms with Gasteiger partial charge < -0.3 is 4.90 Å². The van der Waals surface area contributed by atoms with E-state index in [1.165, 1.54) is 64.3 Å². The highest BCUT2D eigenvalue weighted by atomic mass is 32.1. The van der Waals surface area contributed by atoms with Crippen molar-refractivity contribution in [3.8, 4) is 33.4 Å². The van der Waals surface area contributed by atoms with Crippen molar-refractivity contribution in [3.05, 3.63) is 188 Å². The lowest BCUT2D eigenvalue weighted by molar-refractivity contribution is 1.29. The highest BCUT2D eigenvalue weighted by molar-refractivity contribution is 7.26. The Bertz CT molecular complexity index is 2430. The van der Waals surface area contributed by atoms with E-state index in [0.29, 0.717) is 0 Å². The molecule has 0 atom stereocenters. The van der Waals surface area contributed by atoms with Crippen LogP contribution in [0.1, 0.15) is 0 Å². The van der Waals surface area contributed by atoms with Crippen molar-refractivity contribution >= 4 is 59.3 Å². The van der Waals surface area contributed by atoms with E-state index >= 15 is 0 Å². The number of fused-ring (bicyclic) bond motifs is 5. The first-order chi connectivity index (χ1) is 23.8. The summed E-state index contributed by atoms with van der Waals surface area (Å²) in [5.74, 6) is 0. The van der Waals surface area contributed by atoms with Crippen LogP contribution in [-0.4, -0.2) is 0 Å². The summed E-state index contributed by atoms with van der Waals surface area (Å²) < 4.78 is 2.62. The molecule has 0 aliphatic rings. The number of hydrogen-bond acceptors (Lipinski definition) is 2. The van der Waals surface area contributed by atoms with Gasteiger partial charge in [0.15, 0.2) is 0 Å². The Kier molecular flexibility index (Phi) is 7.07. The van der Waals surface area contributed by atoms with E-state index in [-0.39, 0.29) is 0 Å². The number of hydrogen-bond donors (Lipinski definition) is 0. The van der Waals surface area contributed by atoms with E-state index in [2.05, 4.69) is 193 Å². The van der Waals surface area contributed by atoms with Gasteiger partial charge in [0.1, 0.15) is 0 Å². The third-order valence-electron chi connectivity index (χ3n) is 9.27. The SMILES string of the molecule is c1ccc(-c2ccc(N(c3ccc(-c4ccccc4)cc3)c3ccc4c(c3)sc3c5ccccc5c(-c5ccccc5)cc43)cc2)cc1. The molecule has 0 aliphatic heterocycles. The minimum absolute atomic E-state index is 1.12. The molecular weight excluding hydrogens is 599 g/mol. The van der Waals surface area contributed by atoms with Gasteiger partial charge in [-0.3, -0.25) is 0 Å². The summed E-state index contributed by atoms with van der Waals surface area (Å²) in [7, 11) is 0. The fourth-order valence-electron chi connectivity index (χ4n) is 6.90. The van der Waals surface area contributed by atoms with Gasteiger partial charge in [0, 0.05) is 42.6 Å². The molecule has 0 spiro atoms. The van der Waals surface area contributed by atoms with Crippen LogP contribution in [0, 0.1) is 0 Å². The van der Waals surface area contributed by atoms with Gasteiger partial charge in [0.2, 0.25) is 0 Å². The molecule has 0 bridgehead atoms. The lowest BCUT2D eigenvalue weighted by atomic mass is 9.95. The van der Waals surface area contributed by atoms with Gasteiger partial charge in [0.25, 0.3) is 0 Å². The van der Waals surface area contributed by atoms with E-state index in [9.17, 15) is 0 Å². The smallest absolute Gasteiger partial charge is 0.0476 e. The molecule has 9 aromatic rings. The van der Waals surface area contributed by atoms with Crippen molar-refractivity contribution in [2.24, 2.45) is 0 Å². The molecular formula is C46H31NS. The molecule has 0 N–H and O–H groups in total. The fourth-order valence-corrected chi connectivity index (χ4v) is 8.15. The lowest BCUT2D eigenvalue weighted by Crippen LogP contribution is -2.09. The molecule has 9 rings (SSSR count). The van der Waals surface area contributed by atoms with Crippen molar-refractivity contribution in [2.75, 3.05) is 4.90 Å². The molecule has 2 heteroatoms. The zero-order valence-corrected chi connectivity index (χ0v) is 27.1. The van der Waals surface area contributed by atoms with Crippen LogP contribution in [0.3, 0.4) is 0 Å². The predicted molar refractivity (Wildman–Crippen MR) is 208 cm³/mol. The van der Waals surface area contributed by atoms with Crippen LogP contribution in [-0.2, 0) is 0 Å². The monoisotopic (exact) mass is 629 g/mol. The normalized spacial score (nSPS) is 11.3. The van der Waals surface area contributed by atoms with Crippen molar-refractivity contribution < 1.29 is 0 Å². The van der Waals surface area contributed by atoms with Gasteiger partial charge in [0.05, 0.1) is 0 Å². The lowest BCUT2D eigenvalue weighted by Gasteiger charge is -2.26. The van der Waals surface area contributed by atoms with Crippen LogP contribution in [0.5, 0.6) is 0 Å². The number of anilines is 3. The number of rotatable bonds is 6. The zero-order chi connectivity index (χ0) is 31.9. The van der Waals surface area contributed by atoms with E-state index in [1.54, 1.807) is 0 Å². The molecule has 226 valence electrons. The summed E-state index contributed by atoms with van der Waals surface area (Å²) in [6.45, 7) is 0. The van der Waals surface area contributed by atoms with E-state index in [4.69, 9.17) is 0 Å². The van der Waals surface area contributed by atoms with Gasteiger partial charge in [-0.05, 0) is 81.2 Å². The van der Waals surface area contributed by atoms with Crippen LogP contribution in [0.25, 0.3) is 64.3 Å². The minimum Gasteiger partial charge on any atom is -0.310 e. The van der Waals surface area contributed by atoms with Gasteiger partial charge in [-0.25, -0.2) is 0 Å². The quantitative estimate of drug-likeness (QED) is 0.177. The van der Waals surface area contributed by atoms with E-state index in [0.717, 1.165) is 17.1 Å². The average Bonchev–Trinajstić information content (AvgIpc) is 3.54. The maximum Gasteiger partial charge on any atom is 0.0476 e. The molecule has 1 aromatic heterocycles. The first kappa shape index (κ1) is 28.3. The molecule has 0 saturated heterocycles. The Hall–Kier alpha value is -5.96. The topological polar surface area (TPSA) is 3.24 Å². The second kappa shape index (κ2) is 12.0. The van der Waals surface area contributed by atoms with Crippen LogP contribution < -0.4 is 4.90 Å². The summed E-state index contributed by atoms with van der Waals surface area (Å²) in [4.78, 5) is 2.38. The summed E-state index contributed by atoms with van der Waals surface area (Å²) >= 11 is 1.89. The number of thiophene rings is 1. The van der Waals surface area contributed by atoms with Crippen LogP contribution >= 0.6 is 11.3 Å². The first-order valence-corrected chi connectivity index (χ1v) is 17.2. The highest BCUT2D eigenvalue weighted by Crippen LogP contribution is 2.45. The summed E-state index contributed by atoms with van der Waals surface area (Å²) in [6, 6.07) is 68.0. The zero-order valence-electron chi connectivity index (χ0n) is 26.3. The maximum atomic E-state index is 2.40. The minimum atomic E-state index is 1.12. The van der Waals surface area contributed by atoms with E-state index < -0.39 is 0 Å². The molecule has 0 unspecified atom stereocenters. The largest absolute Gasteiger partial charge is 0.310 e. The summed E-state index contributed by atoms with van der Waals surface area (Å²) in [6.07, 6.45) is 0. The van der Waals surface area contributed by atoms with Crippen LogP contribution in [0.2, 0.25) is 0 Å². The molecule has 0 fully saturated rings. The third kappa shape index (κ3) is 5.04. The Labute approximate surface area is 284 Å². The Balaban J connectivity index is 1.20. The molecule has 8 aromatic carbocycles. The van der Waals surface area contributed by atoms with Crippen molar-refractivity contribution in [1.29, 1.82) is 0 Å². The standard InChI is InChI=1S/C46H31NS/c1-4-12-32(13-5-1)34-20-24-37(25-21-34)47(38-26-22-35(23-27-38)33-14-6-2-7-15-33)39-28-29-41-44-31-43(36-16-8-3-9-17-36)40-18-10-11-19-42(40)46(44)48-45(41)30-39/h1-31H. The van der Waals surface area contributed by atoms with Gasteiger partial charge in [-0.1, -0.05) is 146 Å². The Morgan fingerprint density at radius 2 is 0.771 bits per heavy atom. The summed E-state index contributed by atoms with van der Waals surface area (Å²) in [5, 5.41) is 5.20. The molecule has 0 radical (unpaired) electrons. The number of benzene rings is 8. The van der Waals surface area contributed by atoms with Gasteiger partial charge >= 0.3 is 0 Å². The highest BCUT2D eigenvalue weighted by Gasteiger charge is 2.17. The van der Waals surface area contributed by atoms with Crippen LogP contribution in [0.4, 0.5) is 17.1 Å². The Morgan fingerprint density at radius 1 is 0.312 bits per heavy atom. The second-order valence-electron chi connectivity index (χ2n) is 12.2. The molecule has 0 amide bonds. The Morgan fingerprint density at radius 3 is 1.33 bits per heavy atom. The van der Waals surface area contributed by atoms with Crippen molar-refractivity contribution in [1.82, 2.24) is 0 Å². The van der Waals surface area contributed by atoms with E-state index in [1.807, 2.05) is 11.3 Å². The first-order valence-electron chi connectivity index (χ1n) is 16.3. The molecule has 48 heavy (non-hydrogen) atoms. The molecule has 0 aliphatic carbocycles. The summed E-state index contributed by atoms with van der Waals surface area (Å²) in [5.41, 5.74) is 10.8.